The zero-order valence-electron chi connectivity index (χ0n) is 7.44. The summed E-state index contributed by atoms with van der Waals surface area (Å²) >= 11 is 5.62. The summed E-state index contributed by atoms with van der Waals surface area (Å²) in [6.45, 7) is 3.33. The molecule has 2 nitrogen and oxygen atoms in total. The minimum atomic E-state index is -0.810. The minimum absolute atomic E-state index is 0.226. The molecule has 0 amide bonds. The molecule has 0 aromatic heterocycles. The summed E-state index contributed by atoms with van der Waals surface area (Å²) < 4.78 is 13.0. The van der Waals surface area contributed by atoms with E-state index < -0.39 is 17.1 Å². The van der Waals surface area contributed by atoms with Crippen LogP contribution < -0.4 is 5.73 Å². The van der Waals surface area contributed by atoms with Gasteiger partial charge in [-0.3, -0.25) is 0 Å². The van der Waals surface area contributed by atoms with E-state index in [1.165, 1.54) is 6.07 Å². The molecule has 0 radical (unpaired) electrons. The lowest BCUT2D eigenvalue weighted by atomic mass is 9.94. The Balaban J connectivity index is 3.37. The van der Waals surface area contributed by atoms with E-state index in [0.717, 1.165) is 6.07 Å². The monoisotopic (exact) mass is 203 g/mol. The number of hydrogen-bond acceptors (Lipinski definition) is 2. The number of aromatic hydroxyl groups is 1. The molecule has 3 N–H and O–H groups in total. The van der Waals surface area contributed by atoms with Crippen LogP contribution in [0.25, 0.3) is 0 Å². The number of halogens is 2. The SMILES string of the molecule is CC(C)(N)c1cc(Cl)cc(F)c1O. The van der Waals surface area contributed by atoms with Crippen molar-refractivity contribution in [2.75, 3.05) is 0 Å². The van der Waals surface area contributed by atoms with Crippen molar-refractivity contribution in [3.63, 3.8) is 0 Å². The van der Waals surface area contributed by atoms with Crippen LogP contribution in [0.15, 0.2) is 12.1 Å². The Labute approximate surface area is 81.1 Å². The van der Waals surface area contributed by atoms with Crippen LogP contribution in [0.1, 0.15) is 19.4 Å². The summed E-state index contributed by atoms with van der Waals surface area (Å²) in [6.07, 6.45) is 0. The summed E-state index contributed by atoms with van der Waals surface area (Å²) in [7, 11) is 0. The Bertz CT molecular complexity index is 333. The van der Waals surface area contributed by atoms with Crippen LogP contribution in [0.5, 0.6) is 5.75 Å². The molecule has 0 atom stereocenters. The first-order valence-electron chi connectivity index (χ1n) is 3.79. The van der Waals surface area contributed by atoms with Crippen molar-refractivity contribution in [3.05, 3.63) is 28.5 Å². The second kappa shape index (κ2) is 3.16. The Morgan fingerprint density at radius 3 is 2.46 bits per heavy atom. The zero-order chi connectivity index (χ0) is 10.2. The topological polar surface area (TPSA) is 46.2 Å². The van der Waals surface area contributed by atoms with E-state index in [1.807, 2.05) is 0 Å². The third kappa shape index (κ3) is 2.11. The van der Waals surface area contributed by atoms with Gasteiger partial charge in [-0.15, -0.1) is 0 Å². The van der Waals surface area contributed by atoms with Crippen LogP contribution in [-0.4, -0.2) is 5.11 Å². The van der Waals surface area contributed by atoms with Gasteiger partial charge in [-0.05, 0) is 26.0 Å². The highest BCUT2D eigenvalue weighted by Gasteiger charge is 2.21. The van der Waals surface area contributed by atoms with Crippen LogP contribution in [0.2, 0.25) is 5.02 Å². The second-order valence-electron chi connectivity index (χ2n) is 3.51. The fourth-order valence-electron chi connectivity index (χ4n) is 1.06. The van der Waals surface area contributed by atoms with Crippen molar-refractivity contribution >= 4 is 11.6 Å². The minimum Gasteiger partial charge on any atom is -0.505 e. The number of rotatable bonds is 1. The summed E-state index contributed by atoms with van der Waals surface area (Å²) in [5.74, 6) is -1.18. The smallest absolute Gasteiger partial charge is 0.166 e. The summed E-state index contributed by atoms with van der Waals surface area (Å²) in [6, 6.07) is 2.51. The zero-order valence-corrected chi connectivity index (χ0v) is 8.19. The van der Waals surface area contributed by atoms with Crippen molar-refractivity contribution in [2.45, 2.75) is 19.4 Å². The molecule has 0 saturated heterocycles. The first kappa shape index (κ1) is 10.3. The lowest BCUT2D eigenvalue weighted by molar-refractivity contribution is 0.405. The van der Waals surface area contributed by atoms with Gasteiger partial charge in [0.05, 0.1) is 0 Å². The maximum absolute atomic E-state index is 13.0. The normalized spacial score (nSPS) is 11.8. The molecule has 0 aliphatic rings. The molecule has 0 fully saturated rings. The first-order chi connectivity index (χ1) is 5.82. The molecule has 1 rings (SSSR count). The van der Waals surface area contributed by atoms with E-state index in [0.29, 0.717) is 5.56 Å². The van der Waals surface area contributed by atoms with Crippen molar-refractivity contribution in [2.24, 2.45) is 5.73 Å². The van der Waals surface area contributed by atoms with Crippen LogP contribution in [0.3, 0.4) is 0 Å². The van der Waals surface area contributed by atoms with E-state index in [-0.39, 0.29) is 5.02 Å². The standard InChI is InChI=1S/C9H11ClFNO/c1-9(2,12)6-3-5(10)4-7(11)8(6)13/h3-4,13H,12H2,1-2H3. The lowest BCUT2D eigenvalue weighted by Crippen LogP contribution is -2.28. The van der Waals surface area contributed by atoms with Gasteiger partial charge in [0.2, 0.25) is 0 Å². The van der Waals surface area contributed by atoms with Gasteiger partial charge in [0.25, 0.3) is 0 Å². The van der Waals surface area contributed by atoms with Gasteiger partial charge in [-0.2, -0.15) is 0 Å². The average molecular weight is 204 g/mol. The molecular weight excluding hydrogens is 193 g/mol. The quantitative estimate of drug-likeness (QED) is 0.736. The van der Waals surface area contributed by atoms with Gasteiger partial charge in [-0.25, -0.2) is 4.39 Å². The van der Waals surface area contributed by atoms with E-state index >= 15 is 0 Å². The molecule has 0 aliphatic heterocycles. The van der Waals surface area contributed by atoms with E-state index in [4.69, 9.17) is 17.3 Å². The van der Waals surface area contributed by atoms with Crippen molar-refractivity contribution < 1.29 is 9.50 Å². The molecule has 13 heavy (non-hydrogen) atoms. The largest absolute Gasteiger partial charge is 0.505 e. The lowest BCUT2D eigenvalue weighted by Gasteiger charge is -2.20. The molecular formula is C9H11ClFNO. The predicted molar refractivity (Wildman–Crippen MR) is 50.3 cm³/mol. The second-order valence-corrected chi connectivity index (χ2v) is 3.94. The van der Waals surface area contributed by atoms with Crippen molar-refractivity contribution in [1.82, 2.24) is 0 Å². The van der Waals surface area contributed by atoms with E-state index in [2.05, 4.69) is 0 Å². The number of phenols is 1. The van der Waals surface area contributed by atoms with Crippen LogP contribution >= 0.6 is 11.6 Å². The summed E-state index contributed by atoms with van der Waals surface area (Å²) in [5.41, 5.74) is 5.20. The predicted octanol–water partition coefficient (Wildman–Crippen LogP) is 2.38. The van der Waals surface area contributed by atoms with E-state index in [9.17, 15) is 9.50 Å². The molecule has 0 saturated carbocycles. The molecule has 0 spiro atoms. The highest BCUT2D eigenvalue weighted by molar-refractivity contribution is 6.30. The number of phenolic OH excluding ortho intramolecular Hbond substituents is 1. The average Bonchev–Trinajstić information content (AvgIpc) is 1.94. The summed E-state index contributed by atoms with van der Waals surface area (Å²) in [4.78, 5) is 0. The summed E-state index contributed by atoms with van der Waals surface area (Å²) in [5, 5.41) is 9.57. The Morgan fingerprint density at radius 2 is 2.00 bits per heavy atom. The van der Waals surface area contributed by atoms with Gasteiger partial charge in [0.1, 0.15) is 0 Å². The van der Waals surface area contributed by atoms with E-state index in [1.54, 1.807) is 13.8 Å². The third-order valence-corrected chi connectivity index (χ3v) is 1.94. The number of nitrogens with two attached hydrogens (primary N) is 1. The van der Waals surface area contributed by atoms with Gasteiger partial charge < -0.3 is 10.8 Å². The Hall–Kier alpha value is -0.800. The molecule has 72 valence electrons. The van der Waals surface area contributed by atoms with Gasteiger partial charge in [-0.1, -0.05) is 11.6 Å². The van der Waals surface area contributed by atoms with Crippen LogP contribution in [0.4, 0.5) is 4.39 Å². The molecule has 4 heteroatoms. The fourth-order valence-corrected chi connectivity index (χ4v) is 1.26. The Kier molecular flexibility index (Phi) is 2.50. The molecule has 0 aliphatic carbocycles. The number of benzene rings is 1. The van der Waals surface area contributed by atoms with Crippen LogP contribution in [-0.2, 0) is 5.54 Å². The molecule has 0 bridgehead atoms. The van der Waals surface area contributed by atoms with Gasteiger partial charge >= 0.3 is 0 Å². The van der Waals surface area contributed by atoms with Gasteiger partial charge in [0.15, 0.2) is 11.6 Å². The molecule has 0 heterocycles. The molecule has 1 aromatic rings. The third-order valence-electron chi connectivity index (χ3n) is 1.72. The maximum Gasteiger partial charge on any atom is 0.166 e. The fraction of sp³-hybridized carbons (Fsp3) is 0.333. The molecule has 1 aromatic carbocycles. The first-order valence-corrected chi connectivity index (χ1v) is 4.17. The van der Waals surface area contributed by atoms with Crippen LogP contribution in [0, 0.1) is 5.82 Å². The maximum atomic E-state index is 13.0. The molecule has 0 unspecified atom stereocenters. The van der Waals surface area contributed by atoms with Gasteiger partial charge in [0, 0.05) is 16.1 Å². The van der Waals surface area contributed by atoms with Crippen molar-refractivity contribution in [1.29, 1.82) is 0 Å². The number of hydrogen-bond donors (Lipinski definition) is 2. The highest BCUT2D eigenvalue weighted by Crippen LogP contribution is 2.32. The van der Waals surface area contributed by atoms with Crippen molar-refractivity contribution in [3.8, 4) is 5.75 Å². The Morgan fingerprint density at radius 1 is 1.46 bits per heavy atom. The highest BCUT2D eigenvalue weighted by atomic mass is 35.5.